The monoisotopic (exact) mass is 356 g/mol. The van der Waals surface area contributed by atoms with Crippen molar-refractivity contribution >= 4 is 30.0 Å². The van der Waals surface area contributed by atoms with Crippen LogP contribution in [0.25, 0.3) is 6.08 Å². The Morgan fingerprint density at radius 2 is 1.92 bits per heavy atom. The molecule has 0 spiro atoms. The van der Waals surface area contributed by atoms with Crippen LogP contribution >= 0.6 is 11.8 Å². The third kappa shape index (κ3) is 6.76. The van der Waals surface area contributed by atoms with E-state index in [4.69, 9.17) is 4.74 Å². The first-order valence-electron chi connectivity index (χ1n) is 7.64. The Morgan fingerprint density at radius 1 is 1.24 bits per heavy atom. The lowest BCUT2D eigenvalue weighted by molar-refractivity contribution is -0.118. The van der Waals surface area contributed by atoms with E-state index >= 15 is 0 Å². The maximum atomic E-state index is 11.8. The number of hydrazone groups is 1. The summed E-state index contributed by atoms with van der Waals surface area (Å²) in [6, 6.07) is 9.52. The number of aromatic nitrogens is 2. The zero-order valence-electron chi connectivity index (χ0n) is 14.4. The number of hydrogen-bond acceptors (Lipinski definition) is 6. The van der Waals surface area contributed by atoms with E-state index in [1.54, 1.807) is 13.2 Å². The van der Waals surface area contributed by atoms with Crippen molar-refractivity contribution < 1.29 is 9.53 Å². The zero-order valence-corrected chi connectivity index (χ0v) is 15.2. The van der Waals surface area contributed by atoms with Crippen molar-refractivity contribution in [3.63, 3.8) is 0 Å². The van der Waals surface area contributed by atoms with Gasteiger partial charge in [-0.15, -0.1) is 0 Å². The van der Waals surface area contributed by atoms with E-state index in [0.29, 0.717) is 5.16 Å². The Hall–Kier alpha value is -2.67. The van der Waals surface area contributed by atoms with Crippen LogP contribution in [0.5, 0.6) is 5.75 Å². The molecule has 0 bridgehead atoms. The SMILES string of the molecule is COc1ccc(/C=C/C=N\NC(=O)CSc2nc(C)cc(C)n2)cc1. The summed E-state index contributed by atoms with van der Waals surface area (Å²) in [5.74, 6) is 0.813. The van der Waals surface area contributed by atoms with E-state index in [9.17, 15) is 4.79 Å². The highest BCUT2D eigenvalue weighted by Crippen LogP contribution is 2.13. The lowest BCUT2D eigenvalue weighted by atomic mass is 10.2. The van der Waals surface area contributed by atoms with Gasteiger partial charge in [0.05, 0.1) is 12.9 Å². The van der Waals surface area contributed by atoms with E-state index in [1.165, 1.54) is 18.0 Å². The Labute approximate surface area is 151 Å². The van der Waals surface area contributed by atoms with Crippen LogP contribution in [0.1, 0.15) is 17.0 Å². The van der Waals surface area contributed by atoms with Gasteiger partial charge in [0.25, 0.3) is 5.91 Å². The number of nitrogens with zero attached hydrogens (tertiary/aromatic N) is 3. The molecule has 1 heterocycles. The fraction of sp³-hybridized carbons (Fsp3) is 0.222. The molecule has 1 aromatic heterocycles. The molecule has 25 heavy (non-hydrogen) atoms. The van der Waals surface area contributed by atoms with E-state index in [0.717, 1.165) is 22.7 Å². The molecule has 0 aliphatic heterocycles. The first-order chi connectivity index (χ1) is 12.1. The van der Waals surface area contributed by atoms with Crippen LogP contribution in [-0.2, 0) is 4.79 Å². The fourth-order valence-corrected chi connectivity index (χ4v) is 2.68. The van der Waals surface area contributed by atoms with Crippen LogP contribution in [0.15, 0.2) is 46.7 Å². The number of carbonyl (C=O) groups excluding carboxylic acids is 1. The number of nitrogens with one attached hydrogen (secondary N) is 1. The zero-order chi connectivity index (χ0) is 18.1. The molecule has 0 atom stereocenters. The van der Waals surface area contributed by atoms with Gasteiger partial charge in [-0.3, -0.25) is 4.79 Å². The van der Waals surface area contributed by atoms with Crippen molar-refractivity contribution in [2.24, 2.45) is 5.10 Å². The second-order valence-corrected chi connectivity index (χ2v) is 6.11. The molecule has 1 amide bonds. The highest BCUT2D eigenvalue weighted by atomic mass is 32.2. The molecule has 0 fully saturated rings. The Bertz CT molecular complexity index is 753. The maximum absolute atomic E-state index is 11.8. The quantitative estimate of drug-likeness (QED) is 0.357. The lowest BCUT2D eigenvalue weighted by Crippen LogP contribution is -2.19. The predicted octanol–water partition coefficient (Wildman–Crippen LogP) is 3.01. The number of aryl methyl sites for hydroxylation is 2. The molecule has 0 aliphatic rings. The molecule has 130 valence electrons. The summed E-state index contributed by atoms with van der Waals surface area (Å²) in [5, 5.41) is 4.47. The van der Waals surface area contributed by atoms with Gasteiger partial charge in [-0.25, -0.2) is 15.4 Å². The Balaban J connectivity index is 1.75. The van der Waals surface area contributed by atoms with E-state index in [1.807, 2.05) is 50.3 Å². The Kier molecular flexibility index (Phi) is 7.16. The minimum atomic E-state index is -0.207. The molecular weight excluding hydrogens is 336 g/mol. The standard InChI is InChI=1S/C18H20N4O2S/c1-13-11-14(2)21-18(20-13)25-12-17(23)22-19-10-4-5-15-6-8-16(24-3)9-7-15/h4-11H,12H2,1-3H3,(H,22,23)/b5-4+,19-10-. The van der Waals surface area contributed by atoms with E-state index in [-0.39, 0.29) is 11.7 Å². The number of allylic oxidation sites excluding steroid dienone is 1. The lowest BCUT2D eigenvalue weighted by Gasteiger charge is -2.02. The third-order valence-electron chi connectivity index (χ3n) is 3.05. The summed E-state index contributed by atoms with van der Waals surface area (Å²) in [4.78, 5) is 20.3. The maximum Gasteiger partial charge on any atom is 0.250 e. The predicted molar refractivity (Wildman–Crippen MR) is 101 cm³/mol. The van der Waals surface area contributed by atoms with E-state index in [2.05, 4.69) is 20.5 Å². The van der Waals surface area contributed by atoms with Gasteiger partial charge in [-0.2, -0.15) is 5.10 Å². The summed E-state index contributed by atoms with van der Waals surface area (Å²) in [6.07, 6.45) is 5.16. The molecule has 7 heteroatoms. The molecule has 0 aliphatic carbocycles. The van der Waals surface area contributed by atoms with Gasteiger partial charge in [-0.1, -0.05) is 30.0 Å². The molecule has 0 saturated heterocycles. The summed E-state index contributed by atoms with van der Waals surface area (Å²) >= 11 is 1.28. The molecular formula is C18H20N4O2S. The topological polar surface area (TPSA) is 76.5 Å². The Morgan fingerprint density at radius 3 is 2.56 bits per heavy atom. The van der Waals surface area contributed by atoms with Gasteiger partial charge < -0.3 is 4.74 Å². The number of hydrogen-bond donors (Lipinski definition) is 1. The second-order valence-electron chi connectivity index (χ2n) is 5.17. The van der Waals surface area contributed by atoms with Crippen LogP contribution in [0.4, 0.5) is 0 Å². The van der Waals surface area contributed by atoms with Gasteiger partial charge in [-0.05, 0) is 43.7 Å². The first kappa shape index (κ1) is 18.7. The average molecular weight is 356 g/mol. The molecule has 0 radical (unpaired) electrons. The van der Waals surface area contributed by atoms with Crippen LogP contribution in [0, 0.1) is 13.8 Å². The summed E-state index contributed by atoms with van der Waals surface area (Å²) in [7, 11) is 1.63. The number of rotatable bonds is 7. The van der Waals surface area contributed by atoms with Crippen molar-refractivity contribution in [3.05, 3.63) is 53.4 Å². The van der Waals surface area contributed by atoms with Crippen LogP contribution in [-0.4, -0.2) is 35.0 Å². The average Bonchev–Trinajstić information content (AvgIpc) is 2.59. The molecule has 0 saturated carbocycles. The summed E-state index contributed by atoms with van der Waals surface area (Å²) < 4.78 is 5.10. The number of carbonyl (C=O) groups is 1. The van der Waals surface area contributed by atoms with Crippen LogP contribution in [0.3, 0.4) is 0 Å². The van der Waals surface area contributed by atoms with Gasteiger partial charge in [0.15, 0.2) is 5.16 Å². The first-order valence-corrected chi connectivity index (χ1v) is 8.63. The third-order valence-corrected chi connectivity index (χ3v) is 3.90. The van der Waals surface area contributed by atoms with Crippen molar-refractivity contribution in [2.75, 3.05) is 12.9 Å². The number of benzene rings is 1. The number of methoxy groups -OCH3 is 1. The molecule has 1 aromatic carbocycles. The van der Waals surface area contributed by atoms with Gasteiger partial charge in [0, 0.05) is 17.6 Å². The van der Waals surface area contributed by atoms with Gasteiger partial charge >= 0.3 is 0 Å². The number of thioether (sulfide) groups is 1. The molecule has 2 rings (SSSR count). The minimum Gasteiger partial charge on any atom is -0.497 e. The summed E-state index contributed by atoms with van der Waals surface area (Å²) in [6.45, 7) is 3.80. The van der Waals surface area contributed by atoms with Crippen molar-refractivity contribution in [1.29, 1.82) is 0 Å². The molecule has 1 N–H and O–H groups in total. The van der Waals surface area contributed by atoms with Crippen molar-refractivity contribution in [1.82, 2.24) is 15.4 Å². The van der Waals surface area contributed by atoms with Crippen LogP contribution in [0.2, 0.25) is 0 Å². The number of ether oxygens (including phenoxy) is 1. The highest BCUT2D eigenvalue weighted by Gasteiger charge is 2.04. The smallest absolute Gasteiger partial charge is 0.250 e. The van der Waals surface area contributed by atoms with Crippen molar-refractivity contribution in [2.45, 2.75) is 19.0 Å². The summed E-state index contributed by atoms with van der Waals surface area (Å²) in [5.41, 5.74) is 5.26. The molecule has 6 nitrogen and oxygen atoms in total. The van der Waals surface area contributed by atoms with Crippen LogP contribution < -0.4 is 10.2 Å². The number of amides is 1. The van der Waals surface area contributed by atoms with E-state index < -0.39 is 0 Å². The van der Waals surface area contributed by atoms with Gasteiger partial charge in [0.2, 0.25) is 0 Å². The molecule has 0 unspecified atom stereocenters. The molecule has 2 aromatic rings. The normalized spacial score (nSPS) is 11.2. The highest BCUT2D eigenvalue weighted by molar-refractivity contribution is 7.99. The second kappa shape index (κ2) is 9.58. The fourth-order valence-electron chi connectivity index (χ4n) is 1.94. The van der Waals surface area contributed by atoms with Crippen molar-refractivity contribution in [3.8, 4) is 5.75 Å². The van der Waals surface area contributed by atoms with Gasteiger partial charge in [0.1, 0.15) is 5.75 Å². The largest absolute Gasteiger partial charge is 0.497 e. The minimum absolute atomic E-state index is 0.207.